The smallest absolute Gasteiger partial charge is 0.308 e. The molecule has 2 atom stereocenters. The van der Waals surface area contributed by atoms with Crippen LogP contribution in [0.5, 0.6) is 0 Å². The van der Waals surface area contributed by atoms with Crippen LogP contribution in [0.15, 0.2) is 33.6 Å². The van der Waals surface area contributed by atoms with Gasteiger partial charge in [-0.1, -0.05) is 19.1 Å². The Kier molecular flexibility index (Phi) is 5.23. The Morgan fingerprint density at radius 2 is 2.00 bits per heavy atom. The van der Waals surface area contributed by atoms with Gasteiger partial charge in [-0.2, -0.15) is 8.42 Å². The molecule has 2 aliphatic rings. The lowest BCUT2D eigenvalue weighted by Gasteiger charge is -2.20. The van der Waals surface area contributed by atoms with E-state index in [4.69, 9.17) is 5.11 Å². The summed E-state index contributed by atoms with van der Waals surface area (Å²) < 4.78 is 28.1. The molecule has 1 N–H and O–H groups in total. The zero-order chi connectivity index (χ0) is 19.8. The standard InChI is InChI=1S/C18H23N3O5S/c1-12-10-21(11-14(12)18(23)24)16(22)8-5-9-20(2)17-13-6-3-4-7-15(13)27(25,26)19-17/h3-4,6-7,12,14H,5,8-11H2,1-2H3,(H,23,24)/t12-,14-/m1/s1. The number of fused-ring (bicyclic) bond motifs is 1. The SMILES string of the molecule is C[C@@H]1CN(C(=O)CCCN(C)C2=NS(=O)(=O)c3ccccc32)C[C@H]1C(=O)O. The predicted molar refractivity (Wildman–Crippen MR) is 98.9 cm³/mol. The summed E-state index contributed by atoms with van der Waals surface area (Å²) in [4.78, 5) is 27.1. The summed E-state index contributed by atoms with van der Waals surface area (Å²) in [5.41, 5.74) is 0.573. The number of amidine groups is 1. The topological polar surface area (TPSA) is 107 Å². The molecule has 1 fully saturated rings. The van der Waals surface area contributed by atoms with Crippen molar-refractivity contribution in [3.8, 4) is 0 Å². The molecule has 8 nitrogen and oxygen atoms in total. The van der Waals surface area contributed by atoms with E-state index in [2.05, 4.69) is 4.40 Å². The summed E-state index contributed by atoms with van der Waals surface area (Å²) in [5.74, 6) is -1.11. The number of carboxylic acid groups (broad SMARTS) is 1. The Morgan fingerprint density at radius 1 is 1.30 bits per heavy atom. The molecule has 0 spiro atoms. The zero-order valence-corrected chi connectivity index (χ0v) is 16.1. The molecular formula is C18H23N3O5S. The third-order valence-electron chi connectivity index (χ3n) is 5.14. The molecule has 146 valence electrons. The second kappa shape index (κ2) is 7.30. The van der Waals surface area contributed by atoms with Gasteiger partial charge in [0.25, 0.3) is 10.0 Å². The third kappa shape index (κ3) is 3.83. The highest BCUT2D eigenvalue weighted by molar-refractivity contribution is 7.90. The minimum Gasteiger partial charge on any atom is -0.481 e. The number of rotatable bonds is 5. The van der Waals surface area contributed by atoms with Gasteiger partial charge in [0.2, 0.25) is 5.91 Å². The molecule has 1 aromatic carbocycles. The molecule has 1 aromatic rings. The van der Waals surface area contributed by atoms with Crippen molar-refractivity contribution in [3.05, 3.63) is 29.8 Å². The predicted octanol–water partition coefficient (Wildman–Crippen LogP) is 1.03. The Labute approximate surface area is 158 Å². The lowest BCUT2D eigenvalue weighted by Crippen LogP contribution is -2.32. The zero-order valence-electron chi connectivity index (χ0n) is 15.3. The molecule has 1 amide bonds. The van der Waals surface area contributed by atoms with Crippen LogP contribution in [0.2, 0.25) is 0 Å². The normalized spacial score (nSPS) is 23.0. The largest absolute Gasteiger partial charge is 0.481 e. The van der Waals surface area contributed by atoms with Crippen molar-refractivity contribution in [3.63, 3.8) is 0 Å². The monoisotopic (exact) mass is 393 g/mol. The van der Waals surface area contributed by atoms with Crippen LogP contribution in [0.3, 0.4) is 0 Å². The number of sulfonamides is 1. The number of nitrogens with zero attached hydrogens (tertiary/aromatic N) is 3. The van der Waals surface area contributed by atoms with Gasteiger partial charge in [0.15, 0.2) is 0 Å². The summed E-state index contributed by atoms with van der Waals surface area (Å²) >= 11 is 0. The van der Waals surface area contributed by atoms with Crippen molar-refractivity contribution in [1.29, 1.82) is 0 Å². The molecule has 3 rings (SSSR count). The maximum atomic E-state index is 12.4. The van der Waals surface area contributed by atoms with E-state index in [0.29, 0.717) is 30.9 Å². The quantitative estimate of drug-likeness (QED) is 0.801. The van der Waals surface area contributed by atoms with Gasteiger partial charge in [0.05, 0.1) is 5.92 Å². The van der Waals surface area contributed by atoms with Gasteiger partial charge in [0, 0.05) is 38.7 Å². The van der Waals surface area contributed by atoms with Crippen molar-refractivity contribution >= 4 is 27.7 Å². The van der Waals surface area contributed by atoms with Crippen LogP contribution in [0.25, 0.3) is 0 Å². The van der Waals surface area contributed by atoms with Crippen molar-refractivity contribution < 1.29 is 23.1 Å². The number of likely N-dealkylation sites (tertiary alicyclic amines) is 1. The number of hydrogen-bond acceptors (Lipinski definition) is 5. The van der Waals surface area contributed by atoms with E-state index in [-0.39, 0.29) is 29.7 Å². The van der Waals surface area contributed by atoms with Gasteiger partial charge in [-0.3, -0.25) is 9.59 Å². The Bertz CT molecular complexity index is 896. The van der Waals surface area contributed by atoms with E-state index in [1.165, 1.54) is 6.07 Å². The van der Waals surface area contributed by atoms with Crippen LogP contribution in [0.4, 0.5) is 0 Å². The highest BCUT2D eigenvalue weighted by Crippen LogP contribution is 2.27. The first kappa shape index (κ1) is 19.3. The fourth-order valence-electron chi connectivity index (χ4n) is 3.59. The minimum absolute atomic E-state index is 0.0522. The van der Waals surface area contributed by atoms with Gasteiger partial charge in [0.1, 0.15) is 10.7 Å². The van der Waals surface area contributed by atoms with Crippen molar-refractivity contribution in [2.75, 3.05) is 26.7 Å². The van der Waals surface area contributed by atoms with E-state index in [9.17, 15) is 18.0 Å². The Morgan fingerprint density at radius 3 is 2.67 bits per heavy atom. The van der Waals surface area contributed by atoms with Crippen LogP contribution in [0, 0.1) is 11.8 Å². The number of benzene rings is 1. The van der Waals surface area contributed by atoms with Crippen molar-refractivity contribution in [2.45, 2.75) is 24.7 Å². The summed E-state index contributed by atoms with van der Waals surface area (Å²) in [6.45, 7) is 3.03. The lowest BCUT2D eigenvalue weighted by atomic mass is 9.99. The van der Waals surface area contributed by atoms with Crippen LogP contribution in [-0.2, 0) is 19.6 Å². The fourth-order valence-corrected chi connectivity index (χ4v) is 4.84. The first-order chi connectivity index (χ1) is 12.7. The molecule has 27 heavy (non-hydrogen) atoms. The second-order valence-corrected chi connectivity index (χ2v) is 8.70. The van der Waals surface area contributed by atoms with Crippen molar-refractivity contribution in [1.82, 2.24) is 9.80 Å². The number of hydrogen-bond donors (Lipinski definition) is 1. The number of aliphatic carboxylic acids is 1. The molecule has 2 heterocycles. The van der Waals surface area contributed by atoms with Gasteiger partial charge < -0.3 is 14.9 Å². The third-order valence-corrected chi connectivity index (χ3v) is 6.47. The first-order valence-corrected chi connectivity index (χ1v) is 10.3. The summed E-state index contributed by atoms with van der Waals surface area (Å²) in [5, 5.41) is 9.17. The molecule has 0 radical (unpaired) electrons. The summed E-state index contributed by atoms with van der Waals surface area (Å²) in [6, 6.07) is 6.68. The van der Waals surface area contributed by atoms with Gasteiger partial charge in [-0.05, 0) is 24.5 Å². The molecule has 0 unspecified atom stereocenters. The van der Waals surface area contributed by atoms with Crippen LogP contribution in [0.1, 0.15) is 25.3 Å². The molecule has 0 aliphatic carbocycles. The molecular weight excluding hydrogens is 370 g/mol. The summed E-state index contributed by atoms with van der Waals surface area (Å²) in [6.07, 6.45) is 0.810. The molecule has 9 heteroatoms. The second-order valence-electron chi connectivity index (χ2n) is 7.13. The highest BCUT2D eigenvalue weighted by atomic mass is 32.2. The number of carbonyl (C=O) groups excluding carboxylic acids is 1. The van der Waals surface area contributed by atoms with Gasteiger partial charge in [-0.15, -0.1) is 4.40 Å². The summed E-state index contributed by atoms with van der Waals surface area (Å²) in [7, 11) is -1.91. The number of carboxylic acids is 1. The highest BCUT2D eigenvalue weighted by Gasteiger charge is 2.36. The van der Waals surface area contributed by atoms with E-state index in [1.807, 2.05) is 6.92 Å². The Balaban J connectivity index is 1.56. The molecule has 2 aliphatic heterocycles. The number of carbonyl (C=O) groups is 2. The average molecular weight is 393 g/mol. The van der Waals surface area contributed by atoms with Crippen LogP contribution in [-0.4, -0.2) is 67.7 Å². The maximum Gasteiger partial charge on any atom is 0.308 e. The van der Waals surface area contributed by atoms with E-state index in [1.54, 1.807) is 35.0 Å². The van der Waals surface area contributed by atoms with Crippen molar-refractivity contribution in [2.24, 2.45) is 16.2 Å². The van der Waals surface area contributed by atoms with Gasteiger partial charge >= 0.3 is 5.97 Å². The van der Waals surface area contributed by atoms with Gasteiger partial charge in [-0.25, -0.2) is 0 Å². The fraction of sp³-hybridized carbons (Fsp3) is 0.500. The first-order valence-electron chi connectivity index (χ1n) is 8.87. The molecule has 0 aromatic heterocycles. The maximum absolute atomic E-state index is 12.4. The Hall–Kier alpha value is -2.42. The van der Waals surface area contributed by atoms with Crippen LogP contribution < -0.4 is 0 Å². The van der Waals surface area contributed by atoms with E-state index in [0.717, 1.165) is 0 Å². The lowest BCUT2D eigenvalue weighted by molar-refractivity contribution is -0.142. The van der Waals surface area contributed by atoms with E-state index < -0.39 is 21.9 Å². The molecule has 0 saturated carbocycles. The average Bonchev–Trinajstić information content (AvgIpc) is 3.13. The minimum atomic E-state index is -3.66. The number of amides is 1. The van der Waals surface area contributed by atoms with E-state index >= 15 is 0 Å². The molecule has 1 saturated heterocycles. The van der Waals surface area contributed by atoms with Crippen LogP contribution >= 0.6 is 0 Å². The molecule has 0 bridgehead atoms.